The summed E-state index contributed by atoms with van der Waals surface area (Å²) >= 11 is 0. The molecule has 0 saturated carbocycles. The Balaban J connectivity index is 1.20. The van der Waals surface area contributed by atoms with E-state index in [9.17, 15) is 5.26 Å². The maximum atomic E-state index is 10.1. The number of nitriles is 1. The normalized spacial score (nSPS) is 27.3. The molecular weight excluding hydrogens is 584 g/mol. The Morgan fingerprint density at radius 2 is 2.07 bits per heavy atom. The molecule has 46 heavy (non-hydrogen) atoms. The number of nitrogens with one attached hydrogen (secondary N) is 1. The quantitative estimate of drug-likeness (QED) is 0.388. The molecule has 12 heteroatoms. The minimum absolute atomic E-state index is 0.0640. The van der Waals surface area contributed by atoms with Crippen molar-refractivity contribution in [1.29, 1.82) is 5.26 Å². The number of likely N-dealkylation sites (tertiary alicyclic amines) is 1. The fraction of sp³-hybridized carbons (Fsp3) is 0.588. The zero-order chi connectivity index (χ0) is 31.6. The summed E-state index contributed by atoms with van der Waals surface area (Å²) in [5.74, 6) is 2.63. The van der Waals surface area contributed by atoms with Crippen molar-refractivity contribution in [2.24, 2.45) is 0 Å². The van der Waals surface area contributed by atoms with Gasteiger partial charge in [0.25, 0.3) is 0 Å². The van der Waals surface area contributed by atoms with Gasteiger partial charge in [0.2, 0.25) is 5.88 Å². The average Bonchev–Trinajstić information content (AvgIpc) is 3.76. The summed E-state index contributed by atoms with van der Waals surface area (Å²) in [7, 11) is 3.89. The monoisotopic (exact) mass is 626 g/mol. The van der Waals surface area contributed by atoms with Gasteiger partial charge in [-0.1, -0.05) is 11.2 Å². The van der Waals surface area contributed by atoms with Gasteiger partial charge >= 0.3 is 0 Å². The first-order valence-corrected chi connectivity index (χ1v) is 16.5. The highest BCUT2D eigenvalue weighted by molar-refractivity contribution is 5.68. The van der Waals surface area contributed by atoms with Crippen LogP contribution in [0.25, 0.3) is 11.5 Å². The minimum atomic E-state index is -0.433. The van der Waals surface area contributed by atoms with E-state index in [0.29, 0.717) is 41.9 Å². The molecule has 8 rings (SSSR count). The summed E-state index contributed by atoms with van der Waals surface area (Å²) in [5.41, 5.74) is 10.7. The van der Waals surface area contributed by atoms with Gasteiger partial charge in [-0.2, -0.15) is 10.2 Å². The largest absolute Gasteiger partial charge is 0.473 e. The molecule has 0 radical (unpaired) electrons. The van der Waals surface area contributed by atoms with Gasteiger partial charge in [0, 0.05) is 50.6 Å². The molecule has 0 amide bonds. The van der Waals surface area contributed by atoms with Crippen LogP contribution in [0.4, 0.5) is 11.5 Å². The number of nitrogens with zero attached hydrogens (tertiary/aromatic N) is 6. The van der Waals surface area contributed by atoms with Gasteiger partial charge in [-0.25, -0.2) is 4.98 Å². The average molecular weight is 627 g/mol. The number of hydrogen-bond donors (Lipinski definition) is 2. The molecule has 5 aliphatic rings. The molecule has 242 valence electrons. The third kappa shape index (κ3) is 4.59. The van der Waals surface area contributed by atoms with Crippen molar-refractivity contribution in [1.82, 2.24) is 25.3 Å². The van der Waals surface area contributed by atoms with E-state index in [4.69, 9.17) is 34.4 Å². The number of piperazine rings is 1. The first kappa shape index (κ1) is 29.6. The Bertz CT molecular complexity index is 1700. The van der Waals surface area contributed by atoms with Crippen molar-refractivity contribution in [2.75, 3.05) is 64.2 Å². The maximum Gasteiger partial charge on any atom is 0.219 e. The Labute approximate surface area is 269 Å². The number of benzene rings is 1. The molecular formula is C34H42N8O4. The lowest BCUT2D eigenvalue weighted by Gasteiger charge is -2.49. The molecule has 3 aliphatic heterocycles. The van der Waals surface area contributed by atoms with E-state index in [1.165, 1.54) is 5.56 Å². The summed E-state index contributed by atoms with van der Waals surface area (Å²) < 4.78 is 24.3. The van der Waals surface area contributed by atoms with E-state index in [-0.39, 0.29) is 23.8 Å². The first-order valence-electron chi connectivity index (χ1n) is 16.5. The summed E-state index contributed by atoms with van der Waals surface area (Å²) in [6.45, 7) is 6.83. The maximum absolute atomic E-state index is 10.1. The number of aromatic nitrogens is 3. The summed E-state index contributed by atoms with van der Waals surface area (Å²) in [4.78, 5) is 14.7. The van der Waals surface area contributed by atoms with Gasteiger partial charge in [0.15, 0.2) is 17.3 Å². The third-order valence-electron chi connectivity index (χ3n) is 11.1. The van der Waals surface area contributed by atoms with Crippen molar-refractivity contribution in [3.63, 3.8) is 0 Å². The Morgan fingerprint density at radius 1 is 1.20 bits per heavy atom. The highest BCUT2D eigenvalue weighted by Gasteiger charge is 2.49. The Hall–Kier alpha value is -3.76. The van der Waals surface area contributed by atoms with Crippen LogP contribution >= 0.6 is 0 Å². The number of fused-ring (bicyclic) bond motifs is 4. The lowest BCUT2D eigenvalue weighted by molar-refractivity contribution is -0.0743. The first-order chi connectivity index (χ1) is 22.3. The number of methoxy groups -OCH3 is 1. The van der Waals surface area contributed by atoms with Crippen LogP contribution in [-0.4, -0.2) is 97.4 Å². The smallest absolute Gasteiger partial charge is 0.219 e. The standard InChI is InChI=1S/C34H42N8O4/c1-20(30-25(43-3)9-13-41(30)2)45-27-15-26(42-14-12-37-33(17-42)18-44-19-33)38-32(39-27)29-22-5-4-10-34(31(22)46-40-29)11-8-21-6-7-24(36)23(16-35)28(21)34/h6-7,15,20,25,30,37H,4-5,8-14,17-19,36H2,1-3H3/t20-,25-,30+,34-/m0/s1. The number of likely N-dealkylation sites (N-methyl/N-ethyl adjacent to an activating group) is 1. The number of nitrogens with two attached hydrogens (primary N) is 1. The van der Waals surface area contributed by atoms with Gasteiger partial charge in [0.05, 0.1) is 41.9 Å². The van der Waals surface area contributed by atoms with Crippen molar-refractivity contribution in [2.45, 2.75) is 74.7 Å². The predicted molar refractivity (Wildman–Crippen MR) is 171 cm³/mol. The number of anilines is 2. The molecule has 3 aromatic rings. The van der Waals surface area contributed by atoms with Crippen molar-refractivity contribution in [3.05, 3.63) is 46.2 Å². The second kappa shape index (κ2) is 11.2. The second-order valence-corrected chi connectivity index (χ2v) is 13.8. The minimum Gasteiger partial charge on any atom is -0.473 e. The zero-order valence-corrected chi connectivity index (χ0v) is 26.8. The molecule has 3 saturated heterocycles. The SMILES string of the molecule is CO[C@H]1CCN(C)[C@@H]1[C@H](C)Oc1cc(N2CCNC3(COC3)C2)nc(-c2noc3c2CCC[C@@]32CCc3ccc(N)c(C#N)c32)n1. The van der Waals surface area contributed by atoms with Gasteiger partial charge in [-0.3, -0.25) is 4.90 Å². The van der Waals surface area contributed by atoms with E-state index in [0.717, 1.165) is 87.4 Å². The highest BCUT2D eigenvalue weighted by atomic mass is 16.5. The fourth-order valence-electron chi connectivity index (χ4n) is 8.81. The van der Waals surface area contributed by atoms with E-state index >= 15 is 0 Å². The second-order valence-electron chi connectivity index (χ2n) is 13.8. The van der Waals surface area contributed by atoms with Crippen molar-refractivity contribution in [3.8, 4) is 23.5 Å². The molecule has 2 spiro atoms. The molecule has 2 aliphatic carbocycles. The number of aryl methyl sites for hydroxylation is 1. The van der Waals surface area contributed by atoms with Crippen LogP contribution in [0, 0.1) is 11.3 Å². The number of ether oxygens (including phenoxy) is 3. The number of rotatable bonds is 6. The van der Waals surface area contributed by atoms with Crippen LogP contribution in [0.5, 0.6) is 5.88 Å². The van der Waals surface area contributed by atoms with Crippen molar-refractivity contribution >= 4 is 11.5 Å². The molecule has 1 aromatic carbocycles. The van der Waals surface area contributed by atoms with E-state index in [1.807, 2.05) is 12.1 Å². The van der Waals surface area contributed by atoms with E-state index < -0.39 is 5.41 Å². The van der Waals surface area contributed by atoms with Crippen LogP contribution in [0.1, 0.15) is 60.6 Å². The molecule has 4 atom stereocenters. The van der Waals surface area contributed by atoms with Crippen LogP contribution in [0.15, 0.2) is 22.7 Å². The topological polar surface area (TPSA) is 148 Å². The van der Waals surface area contributed by atoms with Crippen molar-refractivity contribution < 1.29 is 18.7 Å². The van der Waals surface area contributed by atoms with Crippen LogP contribution in [0.2, 0.25) is 0 Å². The van der Waals surface area contributed by atoms with Crippen LogP contribution in [0.3, 0.4) is 0 Å². The van der Waals surface area contributed by atoms with Crippen LogP contribution < -0.4 is 20.7 Å². The molecule has 12 nitrogen and oxygen atoms in total. The summed E-state index contributed by atoms with van der Waals surface area (Å²) in [6, 6.07) is 8.37. The lowest BCUT2D eigenvalue weighted by Crippen LogP contribution is -2.70. The van der Waals surface area contributed by atoms with Crippen LogP contribution in [-0.2, 0) is 27.7 Å². The highest BCUT2D eigenvalue weighted by Crippen LogP contribution is 2.54. The number of nitrogen functional groups attached to an aromatic ring is 1. The van der Waals surface area contributed by atoms with Gasteiger partial charge in [-0.05, 0) is 69.7 Å². The molecule has 5 heterocycles. The van der Waals surface area contributed by atoms with Gasteiger partial charge in [-0.15, -0.1) is 0 Å². The molecule has 3 N–H and O–H groups in total. The molecule has 0 unspecified atom stereocenters. The zero-order valence-electron chi connectivity index (χ0n) is 26.8. The summed E-state index contributed by atoms with van der Waals surface area (Å²) in [5, 5.41) is 18.4. The lowest BCUT2D eigenvalue weighted by atomic mass is 9.68. The summed E-state index contributed by atoms with van der Waals surface area (Å²) in [6.07, 6.45) is 5.23. The molecule has 0 bridgehead atoms. The molecule has 3 fully saturated rings. The Kier molecular flexibility index (Phi) is 7.21. The fourth-order valence-corrected chi connectivity index (χ4v) is 8.81. The third-order valence-corrected chi connectivity index (χ3v) is 11.1. The molecule has 2 aromatic heterocycles. The number of hydrogen-bond acceptors (Lipinski definition) is 12. The van der Waals surface area contributed by atoms with Gasteiger partial charge in [0.1, 0.15) is 18.0 Å². The van der Waals surface area contributed by atoms with Gasteiger partial charge < -0.3 is 34.7 Å². The predicted octanol–water partition coefficient (Wildman–Crippen LogP) is 2.82. The van der Waals surface area contributed by atoms with E-state index in [1.54, 1.807) is 7.11 Å². The Morgan fingerprint density at radius 3 is 2.85 bits per heavy atom. The van der Waals surface area contributed by atoms with E-state index in [2.05, 4.69) is 46.4 Å².